The van der Waals surface area contributed by atoms with Crippen LogP contribution in [0.25, 0.3) is 0 Å². The van der Waals surface area contributed by atoms with E-state index in [-0.39, 0.29) is 11.4 Å². The molecule has 0 bridgehead atoms. The topological polar surface area (TPSA) is 54.3 Å². The zero-order valence-electron chi connectivity index (χ0n) is 8.39. The average molecular weight is 194 g/mol. The molecule has 1 amide bonds. The maximum atomic E-state index is 11.7. The van der Waals surface area contributed by atoms with E-state index in [0.717, 1.165) is 13.1 Å². The summed E-state index contributed by atoms with van der Waals surface area (Å²) < 4.78 is 5.08. The zero-order chi connectivity index (χ0) is 10.2. The molecule has 1 aliphatic heterocycles. The Balaban J connectivity index is 2.06. The number of hydrogen-bond donors (Lipinski definition) is 2. The minimum atomic E-state index is -0.0964. The third-order valence-corrected chi connectivity index (χ3v) is 2.55. The molecule has 2 rings (SSSR count). The summed E-state index contributed by atoms with van der Waals surface area (Å²) in [4.78, 5) is 11.7. The van der Waals surface area contributed by atoms with Gasteiger partial charge in [0.1, 0.15) is 5.76 Å². The van der Waals surface area contributed by atoms with Crippen molar-refractivity contribution in [2.24, 2.45) is 0 Å². The fraction of sp³-hybridized carbons (Fsp3) is 0.500. The number of furan rings is 1. The number of nitrogens with one attached hydrogen (secondary N) is 2. The first-order valence-corrected chi connectivity index (χ1v) is 4.68. The molecule has 0 aromatic carbocycles. The van der Waals surface area contributed by atoms with Gasteiger partial charge in [0.05, 0.1) is 17.4 Å². The lowest BCUT2D eigenvalue weighted by molar-refractivity contribution is 0.0870. The van der Waals surface area contributed by atoms with Crippen molar-refractivity contribution in [2.45, 2.75) is 19.4 Å². The highest BCUT2D eigenvalue weighted by molar-refractivity contribution is 5.95. The quantitative estimate of drug-likeness (QED) is 0.728. The molecule has 1 aromatic rings. The van der Waals surface area contributed by atoms with Crippen LogP contribution in [0.4, 0.5) is 0 Å². The Labute approximate surface area is 82.7 Å². The summed E-state index contributed by atoms with van der Waals surface area (Å²) in [5.74, 6) is 0.610. The van der Waals surface area contributed by atoms with E-state index in [1.165, 1.54) is 6.26 Å². The first-order valence-electron chi connectivity index (χ1n) is 4.68. The van der Waals surface area contributed by atoms with Crippen molar-refractivity contribution < 1.29 is 9.21 Å². The zero-order valence-corrected chi connectivity index (χ0v) is 8.39. The smallest absolute Gasteiger partial charge is 0.255 e. The van der Waals surface area contributed by atoms with Crippen molar-refractivity contribution in [3.05, 3.63) is 23.7 Å². The Morgan fingerprint density at radius 3 is 2.79 bits per heavy atom. The third kappa shape index (κ3) is 1.53. The number of amides is 1. The number of carbonyl (C=O) groups is 1. The summed E-state index contributed by atoms with van der Waals surface area (Å²) in [7, 11) is 0. The van der Waals surface area contributed by atoms with Gasteiger partial charge in [0.25, 0.3) is 5.91 Å². The molecule has 1 fully saturated rings. The van der Waals surface area contributed by atoms with E-state index in [9.17, 15) is 4.79 Å². The lowest BCUT2D eigenvalue weighted by Gasteiger charge is -2.39. The molecule has 1 aliphatic rings. The Kier molecular flexibility index (Phi) is 2.07. The Bertz CT molecular complexity index is 353. The molecule has 1 saturated heterocycles. The second kappa shape index (κ2) is 3.13. The van der Waals surface area contributed by atoms with Gasteiger partial charge in [-0.2, -0.15) is 0 Å². The summed E-state index contributed by atoms with van der Waals surface area (Å²) in [5.41, 5.74) is 0.527. The lowest BCUT2D eigenvalue weighted by atomic mass is 9.95. The first-order chi connectivity index (χ1) is 6.61. The predicted molar refractivity (Wildman–Crippen MR) is 52.2 cm³/mol. The molecule has 2 N–H and O–H groups in total. The lowest BCUT2D eigenvalue weighted by Crippen LogP contribution is -2.67. The average Bonchev–Trinajstić information content (AvgIpc) is 2.48. The Morgan fingerprint density at radius 1 is 1.64 bits per heavy atom. The SMILES string of the molecule is Cc1occc1C(=O)NC1(C)CNC1. The molecule has 0 unspecified atom stereocenters. The fourth-order valence-corrected chi connectivity index (χ4v) is 1.55. The largest absolute Gasteiger partial charge is 0.469 e. The van der Waals surface area contributed by atoms with E-state index in [2.05, 4.69) is 10.6 Å². The van der Waals surface area contributed by atoms with Gasteiger partial charge in [-0.05, 0) is 19.9 Å². The molecule has 0 atom stereocenters. The van der Waals surface area contributed by atoms with Crippen molar-refractivity contribution in [2.75, 3.05) is 13.1 Å². The molecular formula is C10H14N2O2. The van der Waals surface area contributed by atoms with E-state index < -0.39 is 0 Å². The number of hydrogen-bond acceptors (Lipinski definition) is 3. The van der Waals surface area contributed by atoms with Crippen molar-refractivity contribution in [3.63, 3.8) is 0 Å². The maximum absolute atomic E-state index is 11.7. The van der Waals surface area contributed by atoms with Gasteiger partial charge in [-0.15, -0.1) is 0 Å². The summed E-state index contributed by atoms with van der Waals surface area (Å²) in [5, 5.41) is 6.10. The second-order valence-corrected chi connectivity index (χ2v) is 4.01. The van der Waals surface area contributed by atoms with Crippen LogP contribution < -0.4 is 10.6 Å². The highest BCUT2D eigenvalue weighted by Crippen LogP contribution is 2.13. The molecule has 2 heterocycles. The minimum Gasteiger partial charge on any atom is -0.469 e. The molecular weight excluding hydrogens is 180 g/mol. The van der Waals surface area contributed by atoms with Crippen LogP contribution in [-0.4, -0.2) is 24.5 Å². The van der Waals surface area contributed by atoms with Crippen LogP contribution in [0.3, 0.4) is 0 Å². The Hall–Kier alpha value is -1.29. The molecule has 0 aliphatic carbocycles. The van der Waals surface area contributed by atoms with Crippen LogP contribution in [0.5, 0.6) is 0 Å². The van der Waals surface area contributed by atoms with Gasteiger partial charge in [-0.3, -0.25) is 4.79 Å². The molecule has 0 spiro atoms. The second-order valence-electron chi connectivity index (χ2n) is 4.01. The fourth-order valence-electron chi connectivity index (χ4n) is 1.55. The van der Waals surface area contributed by atoms with E-state index in [4.69, 9.17) is 4.42 Å². The van der Waals surface area contributed by atoms with E-state index >= 15 is 0 Å². The van der Waals surface area contributed by atoms with Gasteiger partial charge in [0, 0.05) is 13.1 Å². The molecule has 4 heteroatoms. The van der Waals surface area contributed by atoms with E-state index in [1.54, 1.807) is 13.0 Å². The number of rotatable bonds is 2. The maximum Gasteiger partial charge on any atom is 0.255 e. The van der Waals surface area contributed by atoms with Crippen LogP contribution in [-0.2, 0) is 0 Å². The van der Waals surface area contributed by atoms with Gasteiger partial charge in [0.15, 0.2) is 0 Å². The van der Waals surface area contributed by atoms with Crippen LogP contribution in [0, 0.1) is 6.92 Å². The van der Waals surface area contributed by atoms with E-state index in [1.807, 2.05) is 6.92 Å². The van der Waals surface area contributed by atoms with Gasteiger partial charge >= 0.3 is 0 Å². The molecule has 0 saturated carbocycles. The third-order valence-electron chi connectivity index (χ3n) is 2.55. The van der Waals surface area contributed by atoms with Gasteiger partial charge in [-0.25, -0.2) is 0 Å². The van der Waals surface area contributed by atoms with Crippen molar-refractivity contribution >= 4 is 5.91 Å². The summed E-state index contributed by atoms with van der Waals surface area (Å²) >= 11 is 0. The van der Waals surface area contributed by atoms with E-state index in [0.29, 0.717) is 11.3 Å². The Morgan fingerprint density at radius 2 is 2.36 bits per heavy atom. The number of aryl methyl sites for hydroxylation is 1. The molecule has 4 nitrogen and oxygen atoms in total. The molecule has 0 radical (unpaired) electrons. The predicted octanol–water partition coefficient (Wildman–Crippen LogP) is 0.680. The standard InChI is InChI=1S/C10H14N2O2/c1-7-8(3-4-14-7)9(13)12-10(2)5-11-6-10/h3-4,11H,5-6H2,1-2H3,(H,12,13). The summed E-state index contributed by atoms with van der Waals surface area (Å²) in [6.07, 6.45) is 1.53. The van der Waals surface area contributed by atoms with Gasteiger partial charge in [-0.1, -0.05) is 0 Å². The minimum absolute atomic E-state index is 0.0553. The monoisotopic (exact) mass is 194 g/mol. The molecule has 1 aromatic heterocycles. The van der Waals surface area contributed by atoms with Crippen LogP contribution in [0.15, 0.2) is 16.7 Å². The van der Waals surface area contributed by atoms with Crippen LogP contribution in [0.2, 0.25) is 0 Å². The van der Waals surface area contributed by atoms with Crippen molar-refractivity contribution in [3.8, 4) is 0 Å². The van der Waals surface area contributed by atoms with Crippen molar-refractivity contribution in [1.29, 1.82) is 0 Å². The molecule has 76 valence electrons. The summed E-state index contributed by atoms with van der Waals surface area (Å²) in [6.45, 7) is 5.47. The highest BCUT2D eigenvalue weighted by atomic mass is 16.3. The molecule has 14 heavy (non-hydrogen) atoms. The van der Waals surface area contributed by atoms with Crippen LogP contribution in [0.1, 0.15) is 23.0 Å². The summed E-state index contributed by atoms with van der Waals surface area (Å²) in [6, 6.07) is 1.69. The van der Waals surface area contributed by atoms with Crippen molar-refractivity contribution in [1.82, 2.24) is 10.6 Å². The first kappa shape index (κ1) is 9.27. The van der Waals surface area contributed by atoms with Crippen LogP contribution >= 0.6 is 0 Å². The normalized spacial score (nSPS) is 18.7. The number of carbonyl (C=O) groups excluding carboxylic acids is 1. The highest BCUT2D eigenvalue weighted by Gasteiger charge is 2.33. The van der Waals surface area contributed by atoms with Gasteiger partial charge in [0.2, 0.25) is 0 Å². The van der Waals surface area contributed by atoms with Gasteiger partial charge < -0.3 is 15.1 Å².